The predicted octanol–water partition coefficient (Wildman–Crippen LogP) is 4.22. The Balaban J connectivity index is 1.62. The van der Waals surface area contributed by atoms with Gasteiger partial charge in [-0.15, -0.1) is 0 Å². The summed E-state index contributed by atoms with van der Waals surface area (Å²) in [5, 5.41) is 0.991. The van der Waals surface area contributed by atoms with E-state index in [0.717, 1.165) is 33.3 Å². The Morgan fingerprint density at radius 2 is 1.79 bits per heavy atom. The maximum atomic E-state index is 12.4. The topological polar surface area (TPSA) is 62.4 Å². The van der Waals surface area contributed by atoms with Crippen LogP contribution in [0.15, 0.2) is 36.4 Å². The number of H-pyrrole nitrogens is 1. The molecule has 0 aliphatic carbocycles. The molecule has 1 aromatic heterocycles. The number of aryl methyl sites for hydroxylation is 4. The minimum atomic E-state index is -0.492. The summed E-state index contributed by atoms with van der Waals surface area (Å²) in [5.41, 5.74) is 7.01. The number of amides is 1. The molecule has 0 spiro atoms. The van der Waals surface area contributed by atoms with Gasteiger partial charge in [-0.2, -0.15) is 0 Å². The zero-order valence-corrected chi connectivity index (χ0v) is 17.1. The van der Waals surface area contributed by atoms with Crippen molar-refractivity contribution in [2.24, 2.45) is 0 Å². The summed E-state index contributed by atoms with van der Waals surface area (Å²) in [6.07, 6.45) is 0. The van der Waals surface area contributed by atoms with Crippen LogP contribution in [0, 0.1) is 27.7 Å². The lowest BCUT2D eigenvalue weighted by Crippen LogP contribution is -2.31. The highest BCUT2D eigenvalue weighted by atomic mass is 16.5. The number of likely N-dealkylation sites (N-methyl/N-ethyl adjacent to an activating group) is 1. The number of carbonyl (C=O) groups is 2. The Bertz CT molecular complexity index is 1050. The molecule has 1 heterocycles. The second-order valence-electron chi connectivity index (χ2n) is 7.39. The molecule has 0 unspecified atom stereocenters. The van der Waals surface area contributed by atoms with Crippen molar-refractivity contribution in [1.29, 1.82) is 0 Å². The molecule has 0 aliphatic rings. The van der Waals surface area contributed by atoms with Crippen molar-refractivity contribution >= 4 is 22.8 Å². The molecule has 3 rings (SSSR count). The van der Waals surface area contributed by atoms with Gasteiger partial charge in [-0.3, -0.25) is 4.79 Å². The van der Waals surface area contributed by atoms with Crippen LogP contribution in [0.25, 0.3) is 10.9 Å². The van der Waals surface area contributed by atoms with Crippen molar-refractivity contribution < 1.29 is 14.3 Å². The SMILES string of the molecule is Cc1ccc(CN(C)C(=O)COC(=O)c2ccc3[nH]c(C)c(C)c3c2)c(C)c1. The molecule has 28 heavy (non-hydrogen) atoms. The van der Waals surface area contributed by atoms with Crippen molar-refractivity contribution in [1.82, 2.24) is 9.88 Å². The van der Waals surface area contributed by atoms with Gasteiger partial charge in [0.25, 0.3) is 5.91 Å². The lowest BCUT2D eigenvalue weighted by Gasteiger charge is -2.18. The van der Waals surface area contributed by atoms with Crippen molar-refractivity contribution in [3.63, 3.8) is 0 Å². The first-order valence-electron chi connectivity index (χ1n) is 9.32. The number of fused-ring (bicyclic) bond motifs is 1. The van der Waals surface area contributed by atoms with Gasteiger partial charge in [0, 0.05) is 30.2 Å². The highest BCUT2D eigenvalue weighted by Gasteiger charge is 2.16. The highest BCUT2D eigenvalue weighted by Crippen LogP contribution is 2.22. The Labute approximate surface area is 165 Å². The fraction of sp³-hybridized carbons (Fsp3) is 0.304. The second-order valence-corrected chi connectivity index (χ2v) is 7.39. The predicted molar refractivity (Wildman–Crippen MR) is 110 cm³/mol. The molecule has 0 atom stereocenters. The average Bonchev–Trinajstić information content (AvgIpc) is 2.95. The second kappa shape index (κ2) is 7.89. The summed E-state index contributed by atoms with van der Waals surface area (Å²) < 4.78 is 5.25. The molecule has 1 amide bonds. The number of esters is 1. The Morgan fingerprint density at radius 3 is 2.50 bits per heavy atom. The number of nitrogens with zero attached hydrogens (tertiary/aromatic N) is 1. The largest absolute Gasteiger partial charge is 0.452 e. The van der Waals surface area contributed by atoms with Gasteiger partial charge in [-0.1, -0.05) is 23.8 Å². The number of benzene rings is 2. The lowest BCUT2D eigenvalue weighted by atomic mass is 10.1. The number of hydrogen-bond donors (Lipinski definition) is 1. The molecule has 1 N–H and O–H groups in total. The molecule has 2 aromatic carbocycles. The van der Waals surface area contributed by atoms with Gasteiger partial charge >= 0.3 is 5.97 Å². The van der Waals surface area contributed by atoms with Crippen LogP contribution < -0.4 is 0 Å². The van der Waals surface area contributed by atoms with E-state index in [1.54, 1.807) is 24.1 Å². The molecular weight excluding hydrogens is 352 g/mol. The van der Waals surface area contributed by atoms with Crippen LogP contribution in [-0.2, 0) is 16.1 Å². The van der Waals surface area contributed by atoms with Gasteiger partial charge in [-0.05, 0) is 62.6 Å². The molecule has 0 saturated carbocycles. The number of aromatic nitrogens is 1. The van der Waals surface area contributed by atoms with Gasteiger partial charge in [0.15, 0.2) is 6.61 Å². The molecule has 5 heteroatoms. The van der Waals surface area contributed by atoms with Gasteiger partial charge in [-0.25, -0.2) is 4.79 Å². The third kappa shape index (κ3) is 4.09. The lowest BCUT2D eigenvalue weighted by molar-refractivity contribution is -0.133. The number of carbonyl (C=O) groups excluding carboxylic acids is 2. The summed E-state index contributed by atoms with van der Waals surface area (Å²) in [6, 6.07) is 11.5. The first-order chi connectivity index (χ1) is 13.3. The third-order valence-corrected chi connectivity index (χ3v) is 5.20. The fourth-order valence-electron chi connectivity index (χ4n) is 3.28. The number of rotatable bonds is 5. The Kier molecular flexibility index (Phi) is 5.54. The molecular formula is C23H26N2O3. The normalized spacial score (nSPS) is 10.9. The van der Waals surface area contributed by atoms with E-state index in [-0.39, 0.29) is 12.5 Å². The van der Waals surface area contributed by atoms with Gasteiger partial charge in [0.2, 0.25) is 0 Å². The van der Waals surface area contributed by atoms with E-state index in [2.05, 4.69) is 11.1 Å². The van der Waals surface area contributed by atoms with Crippen LogP contribution in [0.3, 0.4) is 0 Å². The van der Waals surface area contributed by atoms with Crippen molar-refractivity contribution in [2.45, 2.75) is 34.2 Å². The van der Waals surface area contributed by atoms with Crippen LogP contribution in [0.2, 0.25) is 0 Å². The summed E-state index contributed by atoms with van der Waals surface area (Å²) in [5.74, 6) is -0.725. The highest BCUT2D eigenvalue weighted by molar-refractivity contribution is 5.96. The first-order valence-corrected chi connectivity index (χ1v) is 9.32. The summed E-state index contributed by atoms with van der Waals surface area (Å²) in [7, 11) is 1.72. The van der Waals surface area contributed by atoms with E-state index in [1.165, 1.54) is 5.56 Å². The molecule has 0 radical (unpaired) electrons. The zero-order chi connectivity index (χ0) is 20.4. The van der Waals surface area contributed by atoms with Crippen LogP contribution in [0.1, 0.15) is 38.3 Å². The van der Waals surface area contributed by atoms with Gasteiger partial charge in [0.1, 0.15) is 0 Å². The Hall–Kier alpha value is -3.08. The van der Waals surface area contributed by atoms with Gasteiger partial charge < -0.3 is 14.6 Å². The quantitative estimate of drug-likeness (QED) is 0.676. The molecule has 0 fully saturated rings. The monoisotopic (exact) mass is 378 g/mol. The molecule has 5 nitrogen and oxygen atoms in total. The Morgan fingerprint density at radius 1 is 1.04 bits per heavy atom. The average molecular weight is 378 g/mol. The van der Waals surface area contributed by atoms with E-state index in [0.29, 0.717) is 12.1 Å². The minimum Gasteiger partial charge on any atom is -0.452 e. The summed E-state index contributed by atoms with van der Waals surface area (Å²) >= 11 is 0. The van der Waals surface area contributed by atoms with Gasteiger partial charge in [0.05, 0.1) is 5.56 Å². The maximum absolute atomic E-state index is 12.4. The van der Waals surface area contributed by atoms with Crippen LogP contribution in [0.5, 0.6) is 0 Å². The molecule has 146 valence electrons. The van der Waals surface area contributed by atoms with Crippen molar-refractivity contribution in [3.05, 3.63) is 69.9 Å². The zero-order valence-electron chi connectivity index (χ0n) is 17.1. The maximum Gasteiger partial charge on any atom is 0.338 e. The first kappa shape index (κ1) is 19.7. The van der Waals surface area contributed by atoms with Crippen LogP contribution in [-0.4, -0.2) is 35.4 Å². The molecule has 0 saturated heterocycles. The van der Waals surface area contributed by atoms with E-state index in [1.807, 2.05) is 45.9 Å². The number of nitrogens with one attached hydrogen (secondary N) is 1. The van der Waals surface area contributed by atoms with Crippen molar-refractivity contribution in [3.8, 4) is 0 Å². The van der Waals surface area contributed by atoms with E-state index >= 15 is 0 Å². The molecule has 0 aliphatic heterocycles. The standard InChI is InChI=1S/C23H26N2O3/c1-14-6-7-19(15(2)10-14)12-25(5)22(26)13-28-23(27)18-8-9-21-20(11-18)16(3)17(4)24-21/h6-11,24H,12-13H2,1-5H3. The number of hydrogen-bond acceptors (Lipinski definition) is 3. The smallest absolute Gasteiger partial charge is 0.338 e. The van der Waals surface area contributed by atoms with Crippen LogP contribution >= 0.6 is 0 Å². The van der Waals surface area contributed by atoms with Crippen LogP contribution in [0.4, 0.5) is 0 Å². The fourth-order valence-corrected chi connectivity index (χ4v) is 3.28. The minimum absolute atomic E-state index is 0.233. The van der Waals surface area contributed by atoms with E-state index in [4.69, 9.17) is 4.74 Å². The number of ether oxygens (including phenoxy) is 1. The summed E-state index contributed by atoms with van der Waals surface area (Å²) in [6.45, 7) is 8.28. The van der Waals surface area contributed by atoms with Crippen molar-refractivity contribution in [2.75, 3.05) is 13.7 Å². The summed E-state index contributed by atoms with van der Waals surface area (Å²) in [4.78, 5) is 29.6. The molecule has 3 aromatic rings. The van der Waals surface area contributed by atoms with E-state index < -0.39 is 5.97 Å². The number of aromatic amines is 1. The third-order valence-electron chi connectivity index (χ3n) is 5.20. The molecule has 0 bridgehead atoms. The van der Waals surface area contributed by atoms with E-state index in [9.17, 15) is 9.59 Å².